The van der Waals surface area contributed by atoms with E-state index in [0.717, 1.165) is 28.0 Å². The molecule has 0 aliphatic heterocycles. The van der Waals surface area contributed by atoms with Crippen molar-refractivity contribution in [2.75, 3.05) is 5.73 Å². The molecule has 6 heteroatoms. The zero-order chi connectivity index (χ0) is 13.6. The lowest BCUT2D eigenvalue weighted by molar-refractivity contribution is 0.733. The maximum Gasteiger partial charge on any atom is 0.202 e. The first kappa shape index (κ1) is 11.7. The van der Waals surface area contributed by atoms with E-state index in [1.54, 1.807) is 0 Å². The Morgan fingerprint density at radius 1 is 1.26 bits per heavy atom. The molecular weight excluding hydrogens is 240 g/mol. The fourth-order valence-electron chi connectivity index (χ4n) is 2.15. The van der Waals surface area contributed by atoms with E-state index in [9.17, 15) is 0 Å². The molecule has 98 valence electrons. The van der Waals surface area contributed by atoms with E-state index in [2.05, 4.69) is 15.1 Å². The molecular formula is C13H16N6. The molecule has 0 bridgehead atoms. The highest BCUT2D eigenvalue weighted by Gasteiger charge is 2.12. The molecule has 2 N–H and O–H groups in total. The highest BCUT2D eigenvalue weighted by Crippen LogP contribution is 2.19. The number of fused-ring (bicyclic) bond motifs is 1. The van der Waals surface area contributed by atoms with Gasteiger partial charge in [-0.25, -0.2) is 9.97 Å². The highest BCUT2D eigenvalue weighted by molar-refractivity contribution is 5.74. The third-order valence-corrected chi connectivity index (χ3v) is 3.42. The first-order valence-corrected chi connectivity index (χ1v) is 6.12. The van der Waals surface area contributed by atoms with Crippen molar-refractivity contribution in [3.63, 3.8) is 0 Å². The van der Waals surface area contributed by atoms with Crippen molar-refractivity contribution in [3.8, 4) is 0 Å². The fourth-order valence-corrected chi connectivity index (χ4v) is 2.15. The van der Waals surface area contributed by atoms with Gasteiger partial charge in [-0.3, -0.25) is 9.25 Å². The van der Waals surface area contributed by atoms with Gasteiger partial charge < -0.3 is 5.73 Å². The minimum absolute atomic E-state index is 0.483. The van der Waals surface area contributed by atoms with E-state index < -0.39 is 0 Å². The number of pyridine rings is 1. The molecule has 0 aromatic carbocycles. The van der Waals surface area contributed by atoms with Crippen molar-refractivity contribution in [2.24, 2.45) is 7.05 Å². The summed E-state index contributed by atoms with van der Waals surface area (Å²) in [7, 11) is 1.93. The minimum atomic E-state index is 0.483. The summed E-state index contributed by atoms with van der Waals surface area (Å²) in [6.45, 7) is 4.67. The number of hydrogen-bond acceptors (Lipinski definition) is 4. The molecule has 0 aliphatic carbocycles. The second kappa shape index (κ2) is 4.08. The summed E-state index contributed by atoms with van der Waals surface area (Å²) in [4.78, 5) is 8.79. The van der Waals surface area contributed by atoms with Gasteiger partial charge in [0.05, 0.1) is 12.7 Å². The van der Waals surface area contributed by atoms with Gasteiger partial charge in [0.2, 0.25) is 5.95 Å². The number of nitrogen functional groups attached to an aromatic ring is 1. The molecule has 0 amide bonds. The first-order chi connectivity index (χ1) is 9.06. The number of nitrogens with zero attached hydrogens (tertiary/aromatic N) is 5. The van der Waals surface area contributed by atoms with Crippen LogP contribution in [0.5, 0.6) is 0 Å². The predicted molar refractivity (Wildman–Crippen MR) is 73.7 cm³/mol. The molecule has 19 heavy (non-hydrogen) atoms. The number of aromatic nitrogens is 5. The summed E-state index contributed by atoms with van der Waals surface area (Å²) >= 11 is 0. The third-order valence-electron chi connectivity index (χ3n) is 3.42. The smallest absolute Gasteiger partial charge is 0.202 e. The van der Waals surface area contributed by atoms with Crippen LogP contribution in [0.2, 0.25) is 0 Å². The van der Waals surface area contributed by atoms with E-state index in [1.165, 1.54) is 0 Å². The molecule has 0 saturated carbocycles. The molecule has 0 fully saturated rings. The SMILES string of the molecule is Cc1cnc2c(c1)nc(N)n2Cc1cnn(C)c1C. The molecule has 0 aliphatic rings. The van der Waals surface area contributed by atoms with Gasteiger partial charge in [-0.1, -0.05) is 0 Å². The predicted octanol–water partition coefficient (Wildman–Crippen LogP) is 1.41. The van der Waals surface area contributed by atoms with Crippen molar-refractivity contribution in [3.05, 3.63) is 35.3 Å². The third kappa shape index (κ3) is 1.85. The van der Waals surface area contributed by atoms with Gasteiger partial charge in [-0.2, -0.15) is 5.10 Å². The van der Waals surface area contributed by atoms with Crippen LogP contribution in [0.15, 0.2) is 18.5 Å². The Labute approximate surface area is 110 Å². The minimum Gasteiger partial charge on any atom is -0.369 e. The molecule has 0 spiro atoms. The lowest BCUT2D eigenvalue weighted by Gasteiger charge is -2.05. The zero-order valence-corrected chi connectivity index (χ0v) is 11.3. The van der Waals surface area contributed by atoms with Crippen molar-refractivity contribution in [1.29, 1.82) is 0 Å². The molecule has 6 nitrogen and oxygen atoms in total. The molecule has 0 unspecified atom stereocenters. The van der Waals surface area contributed by atoms with Crippen LogP contribution in [0, 0.1) is 13.8 Å². The molecule has 0 atom stereocenters. The van der Waals surface area contributed by atoms with Gasteiger partial charge in [-0.05, 0) is 25.5 Å². The van der Waals surface area contributed by atoms with Gasteiger partial charge in [0.1, 0.15) is 5.52 Å². The largest absolute Gasteiger partial charge is 0.369 e. The summed E-state index contributed by atoms with van der Waals surface area (Å²) < 4.78 is 3.76. The summed E-state index contributed by atoms with van der Waals surface area (Å²) in [5, 5.41) is 4.24. The lowest BCUT2D eigenvalue weighted by Crippen LogP contribution is -2.06. The first-order valence-electron chi connectivity index (χ1n) is 6.12. The number of aryl methyl sites for hydroxylation is 2. The van der Waals surface area contributed by atoms with Gasteiger partial charge >= 0.3 is 0 Å². The number of anilines is 1. The average molecular weight is 256 g/mol. The van der Waals surface area contributed by atoms with Crippen LogP contribution < -0.4 is 5.73 Å². The molecule has 0 saturated heterocycles. The van der Waals surface area contributed by atoms with E-state index in [-0.39, 0.29) is 0 Å². The summed E-state index contributed by atoms with van der Waals surface area (Å²) in [5.74, 6) is 0.483. The molecule has 3 heterocycles. The van der Waals surface area contributed by atoms with Crippen LogP contribution in [0.4, 0.5) is 5.95 Å². The molecule has 3 aromatic heterocycles. The van der Waals surface area contributed by atoms with E-state index in [1.807, 2.05) is 48.6 Å². The maximum absolute atomic E-state index is 5.99. The standard InChI is InChI=1S/C13H16N6/c1-8-4-11-12(15-5-8)19(13(14)17-11)7-10-6-16-18(3)9(10)2/h4-6H,7H2,1-3H3,(H2,14,17). The van der Waals surface area contributed by atoms with Gasteiger partial charge in [0.15, 0.2) is 5.65 Å². The van der Waals surface area contributed by atoms with Crippen LogP contribution in [0.25, 0.3) is 11.2 Å². The van der Waals surface area contributed by atoms with Gasteiger partial charge in [0.25, 0.3) is 0 Å². The van der Waals surface area contributed by atoms with Crippen molar-refractivity contribution in [1.82, 2.24) is 24.3 Å². The quantitative estimate of drug-likeness (QED) is 0.752. The number of nitrogens with two attached hydrogens (primary N) is 1. The van der Waals surface area contributed by atoms with Crippen LogP contribution in [-0.2, 0) is 13.6 Å². The topological polar surface area (TPSA) is 74.6 Å². The second-order valence-electron chi connectivity index (χ2n) is 4.79. The zero-order valence-electron chi connectivity index (χ0n) is 11.3. The van der Waals surface area contributed by atoms with E-state index >= 15 is 0 Å². The number of rotatable bonds is 2. The molecule has 3 aromatic rings. The Morgan fingerprint density at radius 3 is 2.74 bits per heavy atom. The molecule has 3 rings (SSSR count). The Kier molecular flexibility index (Phi) is 2.51. The van der Waals surface area contributed by atoms with Gasteiger partial charge in [0, 0.05) is 24.5 Å². The summed E-state index contributed by atoms with van der Waals surface area (Å²) in [6.07, 6.45) is 3.69. The Bertz CT molecular complexity index is 752. The second-order valence-corrected chi connectivity index (χ2v) is 4.79. The maximum atomic E-state index is 5.99. The number of imidazole rings is 1. The van der Waals surface area contributed by atoms with Crippen LogP contribution in [-0.4, -0.2) is 24.3 Å². The van der Waals surface area contributed by atoms with Crippen LogP contribution in [0.3, 0.4) is 0 Å². The monoisotopic (exact) mass is 256 g/mol. The van der Waals surface area contributed by atoms with E-state index in [4.69, 9.17) is 5.73 Å². The molecule has 0 radical (unpaired) electrons. The van der Waals surface area contributed by atoms with Crippen molar-refractivity contribution >= 4 is 17.1 Å². The number of hydrogen-bond donors (Lipinski definition) is 1. The van der Waals surface area contributed by atoms with E-state index in [0.29, 0.717) is 12.5 Å². The van der Waals surface area contributed by atoms with Crippen LogP contribution in [0.1, 0.15) is 16.8 Å². The highest BCUT2D eigenvalue weighted by atomic mass is 15.3. The Morgan fingerprint density at radius 2 is 2.05 bits per heavy atom. The fraction of sp³-hybridized carbons (Fsp3) is 0.308. The average Bonchev–Trinajstić information content (AvgIpc) is 2.84. The summed E-state index contributed by atoms with van der Waals surface area (Å²) in [6, 6.07) is 1.99. The van der Waals surface area contributed by atoms with Crippen molar-refractivity contribution < 1.29 is 0 Å². The summed E-state index contributed by atoms with van der Waals surface area (Å²) in [5.41, 5.74) is 11.0. The Hall–Kier alpha value is -2.37. The Balaban J connectivity index is 2.10. The van der Waals surface area contributed by atoms with Crippen LogP contribution >= 0.6 is 0 Å². The van der Waals surface area contributed by atoms with Crippen molar-refractivity contribution in [2.45, 2.75) is 20.4 Å². The normalized spacial score (nSPS) is 11.3. The lowest BCUT2D eigenvalue weighted by atomic mass is 10.2. The van der Waals surface area contributed by atoms with Gasteiger partial charge in [-0.15, -0.1) is 0 Å².